The molecule has 5 rings (SSSR count). The summed E-state index contributed by atoms with van der Waals surface area (Å²) in [5.74, 6) is -1.29. The summed E-state index contributed by atoms with van der Waals surface area (Å²) in [5.41, 5.74) is 1.04. The molecular weight excluding hydrogens is 452 g/mol. The first-order chi connectivity index (χ1) is 15.2. The van der Waals surface area contributed by atoms with Gasteiger partial charge in [0.1, 0.15) is 9.79 Å². The summed E-state index contributed by atoms with van der Waals surface area (Å²) < 4.78 is 53.2. The molecule has 0 unspecified atom stereocenters. The SMILES string of the molecule is O=C1c2ccccc2S(=O)(=O)N1Cc1ccccc1CN1C(=O)c2ccccc2S1(=O)=O. The number of carbonyl (C=O) groups is 2. The minimum absolute atomic E-state index is 0.0600. The van der Waals surface area contributed by atoms with Crippen LogP contribution in [0.1, 0.15) is 31.8 Å². The molecule has 0 fully saturated rings. The first-order valence-electron chi connectivity index (χ1n) is 9.62. The van der Waals surface area contributed by atoms with Crippen molar-refractivity contribution in [3.05, 3.63) is 95.1 Å². The Morgan fingerprint density at radius 3 is 1.25 bits per heavy atom. The average Bonchev–Trinajstić information content (AvgIpc) is 3.10. The molecule has 3 aromatic carbocycles. The van der Waals surface area contributed by atoms with E-state index in [4.69, 9.17) is 0 Å². The van der Waals surface area contributed by atoms with E-state index in [9.17, 15) is 26.4 Å². The summed E-state index contributed by atoms with van der Waals surface area (Å²) in [5, 5.41) is 0. The second-order valence-electron chi connectivity index (χ2n) is 7.39. The second kappa shape index (κ2) is 7.01. The number of carbonyl (C=O) groups excluding carboxylic acids is 2. The third-order valence-corrected chi connectivity index (χ3v) is 9.14. The van der Waals surface area contributed by atoms with Crippen LogP contribution in [0, 0.1) is 0 Å². The van der Waals surface area contributed by atoms with Crippen molar-refractivity contribution >= 4 is 31.9 Å². The number of amides is 2. The van der Waals surface area contributed by atoms with Crippen LogP contribution in [0.2, 0.25) is 0 Å². The van der Waals surface area contributed by atoms with Crippen LogP contribution in [0.5, 0.6) is 0 Å². The summed E-state index contributed by atoms with van der Waals surface area (Å²) in [6.45, 7) is -0.553. The Morgan fingerprint density at radius 2 is 0.875 bits per heavy atom. The van der Waals surface area contributed by atoms with Gasteiger partial charge in [-0.05, 0) is 35.4 Å². The van der Waals surface area contributed by atoms with Gasteiger partial charge in [-0.2, -0.15) is 0 Å². The largest absolute Gasteiger partial charge is 0.269 e. The van der Waals surface area contributed by atoms with E-state index in [1.54, 1.807) is 48.5 Å². The molecule has 2 amide bonds. The lowest BCUT2D eigenvalue weighted by molar-refractivity contribution is 0.0850. The number of sulfonamides is 2. The molecule has 0 N–H and O–H groups in total. The molecule has 0 atom stereocenters. The number of rotatable bonds is 4. The normalized spacial score (nSPS) is 18.0. The van der Waals surface area contributed by atoms with Crippen molar-refractivity contribution in [2.75, 3.05) is 0 Å². The fourth-order valence-corrected chi connectivity index (χ4v) is 7.04. The lowest BCUT2D eigenvalue weighted by Crippen LogP contribution is -2.32. The fourth-order valence-electron chi connectivity index (χ4n) is 3.95. The second-order valence-corrected chi connectivity index (χ2v) is 11.1. The Kier molecular flexibility index (Phi) is 4.47. The molecule has 162 valence electrons. The lowest BCUT2D eigenvalue weighted by Gasteiger charge is -2.20. The van der Waals surface area contributed by atoms with Gasteiger partial charge in [0.05, 0.1) is 24.2 Å². The molecule has 10 heteroatoms. The third-order valence-electron chi connectivity index (χ3n) is 5.57. The first-order valence-corrected chi connectivity index (χ1v) is 12.5. The number of nitrogens with zero attached hydrogens (tertiary/aromatic N) is 2. The summed E-state index contributed by atoms with van der Waals surface area (Å²) in [4.78, 5) is 25.4. The quantitative estimate of drug-likeness (QED) is 0.582. The van der Waals surface area contributed by atoms with Crippen molar-refractivity contribution in [2.45, 2.75) is 22.9 Å². The van der Waals surface area contributed by atoms with Gasteiger partial charge in [-0.1, -0.05) is 48.5 Å². The Hall–Kier alpha value is -3.50. The molecular formula is C22H16N2O6S2. The molecule has 3 aromatic rings. The molecule has 0 aliphatic carbocycles. The summed E-state index contributed by atoms with van der Waals surface area (Å²) in [7, 11) is -8.06. The zero-order chi connectivity index (χ0) is 22.7. The minimum Gasteiger partial charge on any atom is -0.268 e. The van der Waals surface area contributed by atoms with Gasteiger partial charge in [0.15, 0.2) is 0 Å². The van der Waals surface area contributed by atoms with Crippen molar-refractivity contribution in [1.29, 1.82) is 0 Å². The molecule has 2 aliphatic rings. The molecule has 0 radical (unpaired) electrons. The maximum atomic E-state index is 12.9. The highest BCUT2D eigenvalue weighted by atomic mass is 32.2. The minimum atomic E-state index is -4.03. The molecule has 2 aliphatic heterocycles. The van der Waals surface area contributed by atoms with E-state index in [1.807, 2.05) is 0 Å². The van der Waals surface area contributed by atoms with Gasteiger partial charge >= 0.3 is 0 Å². The Labute approximate surface area is 184 Å². The maximum Gasteiger partial charge on any atom is 0.269 e. The molecule has 32 heavy (non-hydrogen) atoms. The average molecular weight is 469 g/mol. The van der Waals surface area contributed by atoms with Crippen LogP contribution in [-0.4, -0.2) is 37.3 Å². The van der Waals surface area contributed by atoms with Crippen LogP contribution in [0.15, 0.2) is 82.6 Å². The van der Waals surface area contributed by atoms with Gasteiger partial charge in [0, 0.05) is 0 Å². The van der Waals surface area contributed by atoms with E-state index in [0.717, 1.165) is 8.61 Å². The van der Waals surface area contributed by atoms with Crippen molar-refractivity contribution in [2.24, 2.45) is 0 Å². The zero-order valence-corrected chi connectivity index (χ0v) is 18.1. The molecule has 0 saturated heterocycles. The molecule has 0 spiro atoms. The predicted octanol–water partition coefficient (Wildman–Crippen LogP) is 2.38. The van der Waals surface area contributed by atoms with Gasteiger partial charge in [-0.25, -0.2) is 25.4 Å². The maximum absolute atomic E-state index is 12.9. The lowest BCUT2D eigenvalue weighted by atomic mass is 10.1. The summed E-state index contributed by atoms with van der Waals surface area (Å²) in [6, 6.07) is 18.5. The smallest absolute Gasteiger partial charge is 0.268 e. The van der Waals surface area contributed by atoms with Crippen molar-refractivity contribution in [1.82, 2.24) is 8.61 Å². The van der Waals surface area contributed by atoms with Crippen LogP contribution in [0.4, 0.5) is 0 Å². The van der Waals surface area contributed by atoms with E-state index < -0.39 is 31.9 Å². The molecule has 0 saturated carbocycles. The summed E-state index contributed by atoms with van der Waals surface area (Å²) >= 11 is 0. The van der Waals surface area contributed by atoms with Crippen molar-refractivity contribution in [3.8, 4) is 0 Å². The fraction of sp³-hybridized carbons (Fsp3) is 0.0909. The van der Waals surface area contributed by atoms with Crippen LogP contribution >= 0.6 is 0 Å². The van der Waals surface area contributed by atoms with Crippen LogP contribution < -0.4 is 0 Å². The van der Waals surface area contributed by atoms with Crippen LogP contribution in [0.3, 0.4) is 0 Å². The molecule has 2 heterocycles. The van der Waals surface area contributed by atoms with Gasteiger partial charge in [-0.15, -0.1) is 0 Å². The number of hydrogen-bond donors (Lipinski definition) is 0. The monoisotopic (exact) mass is 468 g/mol. The Balaban J connectivity index is 1.50. The van der Waals surface area contributed by atoms with Crippen LogP contribution in [0.25, 0.3) is 0 Å². The first kappa shape index (κ1) is 20.4. The van der Waals surface area contributed by atoms with Gasteiger partial charge < -0.3 is 0 Å². The van der Waals surface area contributed by atoms with Gasteiger partial charge in [0.2, 0.25) is 0 Å². The van der Waals surface area contributed by atoms with E-state index in [2.05, 4.69) is 0 Å². The molecule has 0 bridgehead atoms. The van der Waals surface area contributed by atoms with E-state index >= 15 is 0 Å². The van der Waals surface area contributed by atoms with Crippen LogP contribution in [-0.2, 0) is 33.1 Å². The Bertz CT molecular complexity index is 1400. The third kappa shape index (κ3) is 2.87. The highest BCUT2D eigenvalue weighted by Crippen LogP contribution is 2.34. The topological polar surface area (TPSA) is 109 Å². The van der Waals surface area contributed by atoms with Crippen molar-refractivity contribution in [3.63, 3.8) is 0 Å². The molecule has 8 nitrogen and oxygen atoms in total. The highest BCUT2D eigenvalue weighted by molar-refractivity contribution is 7.90. The Morgan fingerprint density at radius 1 is 0.531 bits per heavy atom. The zero-order valence-electron chi connectivity index (χ0n) is 16.5. The number of hydrogen-bond acceptors (Lipinski definition) is 6. The summed E-state index contributed by atoms with van der Waals surface area (Å²) in [6.07, 6.45) is 0. The molecule has 0 aromatic heterocycles. The van der Waals surface area contributed by atoms with E-state index in [0.29, 0.717) is 11.1 Å². The van der Waals surface area contributed by atoms with Gasteiger partial charge in [0.25, 0.3) is 31.9 Å². The number of benzene rings is 3. The standard InChI is InChI=1S/C22H16N2O6S2/c25-21-17-9-3-5-11-19(17)31(27,28)23(21)13-15-7-1-2-8-16(15)14-24-22(26)18-10-4-6-12-20(18)32(24,29)30/h1-12H,13-14H2. The van der Waals surface area contributed by atoms with Crippen molar-refractivity contribution < 1.29 is 26.4 Å². The van der Waals surface area contributed by atoms with Gasteiger partial charge in [-0.3, -0.25) is 9.59 Å². The highest BCUT2D eigenvalue weighted by Gasteiger charge is 2.43. The van der Waals surface area contributed by atoms with E-state index in [-0.39, 0.29) is 34.0 Å². The number of fused-ring (bicyclic) bond motifs is 2. The predicted molar refractivity (Wildman–Crippen MR) is 113 cm³/mol. The van der Waals surface area contributed by atoms with E-state index in [1.165, 1.54) is 24.3 Å².